The lowest BCUT2D eigenvalue weighted by Crippen LogP contribution is -2.55. The maximum absolute atomic E-state index is 11.6. The number of rotatable bonds is 7. The predicted octanol–water partition coefficient (Wildman–Crippen LogP) is 7.58. The Balaban J connectivity index is 1.55. The molecule has 3 heteroatoms. The van der Waals surface area contributed by atoms with Gasteiger partial charge in [0.05, 0.1) is 6.10 Å². The van der Waals surface area contributed by atoms with E-state index < -0.39 is 0 Å². The van der Waals surface area contributed by atoms with E-state index >= 15 is 0 Å². The van der Waals surface area contributed by atoms with Crippen LogP contribution in [0.4, 0.5) is 0 Å². The van der Waals surface area contributed by atoms with Crippen molar-refractivity contribution in [3.05, 3.63) is 11.6 Å². The SMILES string of the molecule is CO[C@@H]1C=C2C[C@@H](OC(C)=O)CC[C@]2(C)[C@@H]2CC[C@@]3(C)[C@H](CC[C@H]3[C@H](C)CCCC(C)C)[C@H]21. The van der Waals surface area contributed by atoms with Gasteiger partial charge in [0.2, 0.25) is 0 Å². The second-order valence-corrected chi connectivity index (χ2v) is 13.1. The molecule has 9 atom stereocenters. The Morgan fingerprint density at radius 2 is 1.82 bits per heavy atom. The first-order chi connectivity index (χ1) is 15.6. The van der Waals surface area contributed by atoms with Crippen LogP contribution in [0.15, 0.2) is 11.6 Å². The molecule has 0 bridgehead atoms. The number of hydrogen-bond acceptors (Lipinski definition) is 3. The van der Waals surface area contributed by atoms with Crippen LogP contribution in [-0.2, 0) is 14.3 Å². The zero-order valence-corrected chi connectivity index (χ0v) is 22.5. The fourth-order valence-electron chi connectivity index (χ4n) is 9.17. The van der Waals surface area contributed by atoms with Crippen LogP contribution in [0.3, 0.4) is 0 Å². The van der Waals surface area contributed by atoms with Crippen molar-refractivity contribution in [3.63, 3.8) is 0 Å². The van der Waals surface area contributed by atoms with E-state index in [1.165, 1.54) is 50.5 Å². The van der Waals surface area contributed by atoms with Crippen LogP contribution in [0.2, 0.25) is 0 Å². The zero-order chi connectivity index (χ0) is 24.0. The Hall–Kier alpha value is -0.830. The summed E-state index contributed by atoms with van der Waals surface area (Å²) in [6.07, 6.45) is 15.4. The summed E-state index contributed by atoms with van der Waals surface area (Å²) in [6, 6.07) is 0. The number of carbonyl (C=O) groups excluding carboxylic acids is 1. The average Bonchev–Trinajstić information content (AvgIpc) is 3.10. The van der Waals surface area contributed by atoms with Crippen molar-refractivity contribution in [2.24, 2.45) is 46.3 Å². The summed E-state index contributed by atoms with van der Waals surface area (Å²) in [5.41, 5.74) is 2.22. The second-order valence-electron chi connectivity index (χ2n) is 13.1. The Labute approximate surface area is 203 Å². The quantitative estimate of drug-likeness (QED) is 0.291. The molecule has 0 heterocycles. The van der Waals surface area contributed by atoms with Gasteiger partial charge in [0.1, 0.15) is 6.10 Å². The van der Waals surface area contributed by atoms with Crippen molar-refractivity contribution in [3.8, 4) is 0 Å². The van der Waals surface area contributed by atoms with Crippen molar-refractivity contribution in [2.75, 3.05) is 7.11 Å². The van der Waals surface area contributed by atoms with Gasteiger partial charge >= 0.3 is 5.97 Å². The highest BCUT2D eigenvalue weighted by atomic mass is 16.5. The second kappa shape index (κ2) is 9.67. The van der Waals surface area contributed by atoms with Gasteiger partial charge in [0, 0.05) is 20.5 Å². The maximum atomic E-state index is 11.6. The van der Waals surface area contributed by atoms with E-state index in [1.807, 2.05) is 7.11 Å². The molecule has 0 aliphatic heterocycles. The molecule has 0 N–H and O–H groups in total. The lowest BCUT2D eigenvalue weighted by molar-refractivity contribution is -0.149. The van der Waals surface area contributed by atoms with Crippen molar-refractivity contribution < 1.29 is 14.3 Å². The molecule has 0 unspecified atom stereocenters. The minimum absolute atomic E-state index is 0.0484. The topological polar surface area (TPSA) is 35.5 Å². The number of ether oxygens (including phenoxy) is 2. The molecular weight excluding hydrogens is 408 g/mol. The molecule has 4 rings (SSSR count). The van der Waals surface area contributed by atoms with Crippen molar-refractivity contribution in [2.45, 2.75) is 118 Å². The van der Waals surface area contributed by atoms with Gasteiger partial charge in [-0.1, -0.05) is 65.5 Å². The Morgan fingerprint density at radius 3 is 2.48 bits per heavy atom. The highest BCUT2D eigenvalue weighted by molar-refractivity contribution is 5.66. The summed E-state index contributed by atoms with van der Waals surface area (Å²) in [4.78, 5) is 11.6. The van der Waals surface area contributed by atoms with E-state index in [-0.39, 0.29) is 23.6 Å². The maximum Gasteiger partial charge on any atom is 0.302 e. The third-order valence-electron chi connectivity index (χ3n) is 10.9. The van der Waals surface area contributed by atoms with Crippen LogP contribution >= 0.6 is 0 Å². The van der Waals surface area contributed by atoms with Crippen molar-refractivity contribution >= 4 is 5.97 Å². The fourth-order valence-corrected chi connectivity index (χ4v) is 9.17. The number of hydrogen-bond donors (Lipinski definition) is 0. The minimum Gasteiger partial charge on any atom is -0.462 e. The van der Waals surface area contributed by atoms with E-state index in [9.17, 15) is 4.79 Å². The van der Waals surface area contributed by atoms with Gasteiger partial charge in [-0.05, 0) is 84.9 Å². The van der Waals surface area contributed by atoms with E-state index in [4.69, 9.17) is 9.47 Å². The molecule has 3 fully saturated rings. The van der Waals surface area contributed by atoms with E-state index in [2.05, 4.69) is 40.7 Å². The summed E-state index contributed by atoms with van der Waals surface area (Å²) < 4.78 is 11.9. The normalized spacial score (nSPS) is 43.3. The van der Waals surface area contributed by atoms with Gasteiger partial charge in [0.15, 0.2) is 0 Å². The van der Waals surface area contributed by atoms with Crippen LogP contribution in [0, 0.1) is 46.3 Å². The summed E-state index contributed by atoms with van der Waals surface area (Å²) in [5, 5.41) is 0. The Bertz CT molecular complexity index is 741. The molecule has 33 heavy (non-hydrogen) atoms. The highest BCUT2D eigenvalue weighted by Gasteiger charge is 2.61. The molecule has 0 aromatic rings. The van der Waals surface area contributed by atoms with Gasteiger partial charge in [-0.15, -0.1) is 0 Å². The fraction of sp³-hybridized carbons (Fsp3) is 0.900. The number of methoxy groups -OCH3 is 1. The number of fused-ring (bicyclic) bond motifs is 5. The van der Waals surface area contributed by atoms with Gasteiger partial charge in [-0.25, -0.2) is 0 Å². The van der Waals surface area contributed by atoms with Crippen molar-refractivity contribution in [1.82, 2.24) is 0 Å². The van der Waals surface area contributed by atoms with E-state index in [1.54, 1.807) is 6.92 Å². The number of esters is 1. The van der Waals surface area contributed by atoms with E-state index in [0.717, 1.165) is 42.9 Å². The molecule has 4 aliphatic rings. The molecule has 3 saturated carbocycles. The van der Waals surface area contributed by atoms with Gasteiger partial charge in [-0.3, -0.25) is 4.79 Å². The molecule has 188 valence electrons. The molecule has 4 aliphatic carbocycles. The minimum atomic E-state index is -0.144. The van der Waals surface area contributed by atoms with Crippen LogP contribution in [-0.4, -0.2) is 25.3 Å². The third-order valence-corrected chi connectivity index (χ3v) is 10.9. The molecule has 0 spiro atoms. The lowest BCUT2D eigenvalue weighted by Gasteiger charge is -2.60. The summed E-state index contributed by atoms with van der Waals surface area (Å²) in [7, 11) is 1.92. The number of carbonyl (C=O) groups is 1. The van der Waals surface area contributed by atoms with Crippen LogP contribution in [0.25, 0.3) is 0 Å². The first kappa shape index (κ1) is 25.3. The lowest BCUT2D eigenvalue weighted by atomic mass is 9.46. The van der Waals surface area contributed by atoms with Gasteiger partial charge in [0.25, 0.3) is 0 Å². The van der Waals surface area contributed by atoms with E-state index in [0.29, 0.717) is 17.3 Å². The molecule has 0 amide bonds. The third kappa shape index (κ3) is 4.57. The standard InChI is InChI=1S/C30H50O3/c1-19(2)9-8-10-20(3)24-11-12-25-28-26(14-16-30(24,25)6)29(5)15-13-23(33-21(4)31)17-22(29)18-27(28)32-7/h18-20,23-28H,8-17H2,1-7H3/t20-,23+,24+,25-,26-,27-,28-,29+,30-/m1/s1. The molecule has 0 radical (unpaired) electrons. The Morgan fingerprint density at radius 1 is 1.06 bits per heavy atom. The van der Waals surface area contributed by atoms with Crippen LogP contribution in [0.5, 0.6) is 0 Å². The molecule has 0 aromatic carbocycles. The highest BCUT2D eigenvalue weighted by Crippen LogP contribution is 2.67. The first-order valence-electron chi connectivity index (χ1n) is 14.0. The monoisotopic (exact) mass is 458 g/mol. The predicted molar refractivity (Wildman–Crippen MR) is 135 cm³/mol. The summed E-state index contributed by atoms with van der Waals surface area (Å²) in [5.74, 6) is 4.50. The largest absolute Gasteiger partial charge is 0.462 e. The van der Waals surface area contributed by atoms with Gasteiger partial charge < -0.3 is 9.47 Å². The summed E-state index contributed by atoms with van der Waals surface area (Å²) >= 11 is 0. The molecule has 0 saturated heterocycles. The first-order valence-corrected chi connectivity index (χ1v) is 14.0. The molecule has 0 aromatic heterocycles. The zero-order valence-electron chi connectivity index (χ0n) is 22.5. The molecule has 3 nitrogen and oxygen atoms in total. The van der Waals surface area contributed by atoms with Gasteiger partial charge in [-0.2, -0.15) is 0 Å². The average molecular weight is 459 g/mol. The van der Waals surface area contributed by atoms with Crippen molar-refractivity contribution in [1.29, 1.82) is 0 Å². The van der Waals surface area contributed by atoms with Crippen LogP contribution < -0.4 is 0 Å². The Kier molecular flexibility index (Phi) is 7.40. The smallest absolute Gasteiger partial charge is 0.302 e. The summed E-state index contributed by atoms with van der Waals surface area (Å²) in [6.45, 7) is 14.0. The van der Waals surface area contributed by atoms with Crippen LogP contribution in [0.1, 0.15) is 106 Å². The molecular formula is C30H50O3.